The Bertz CT molecular complexity index is 3610. The van der Waals surface area contributed by atoms with Crippen LogP contribution in [0, 0.1) is 58.2 Å². The molecule has 18 nitrogen and oxygen atoms in total. The second-order valence-corrected chi connectivity index (χ2v) is 31.2. The molecule has 4 aliphatic heterocycles. The fourth-order valence-corrected chi connectivity index (χ4v) is 16.2. The summed E-state index contributed by atoms with van der Waals surface area (Å²) in [6.45, 7) is 14.5. The van der Waals surface area contributed by atoms with E-state index in [1.807, 2.05) is 61.0 Å². The molecule has 6 aliphatic carbocycles. The topological polar surface area (TPSA) is 214 Å². The predicted octanol–water partition coefficient (Wildman–Crippen LogP) is 13.0. The van der Waals surface area contributed by atoms with E-state index >= 15 is 17.6 Å². The summed E-state index contributed by atoms with van der Waals surface area (Å²) < 4.78 is 101. The standard InChI is InChI=1S/C37H46F2N3O6.C36H44F2N3O6.2V/c1-5-24-29(19-43)42-18-31(24)47-33-27(15-20-9-10-23(17-28(20)40-33)46-22-11-12-22)37(38,39)13-7-6-8-25-26-14-21(26)16-30(25)48-35(45)41-32(34(42)44)36(2,3)4;1-19-28(18-42)41-17-30(19)46-32-26(14-20-8-9-23(16-27(20)39-32)45-22-10-11-22)36(37,38)12-6-5-7-24-25-13-21(25)15-29(24)47-34(44)40-31(33(41)43)35(2,3)4;;/h9-10,15,17,21-22,24-26,29-32H,5-8,11-14,16,18H2,1-4H3,(H,41,45);8-9,14,16,19,21-22,24-25,28-31H,5-7,10-13,15,17H2,1-4H3,(H,40,44);;/q2*-1;;/t21?,24-,25+,26?,29+,30+,31-,32+;19-,21?,24+,25?,28+,29+,30-,31+;;/m00../s1. The van der Waals surface area contributed by atoms with Gasteiger partial charge in [-0.25, -0.2) is 49.7 Å². The molecule has 4 unspecified atom stereocenters. The van der Waals surface area contributed by atoms with Crippen molar-refractivity contribution in [3.8, 4) is 23.3 Å². The molecule has 0 spiro atoms. The number of nitrogens with one attached hydrogen (secondary N) is 2. The minimum Gasteiger partial charge on any atom is -0.540 e. The average Bonchev–Trinajstić information content (AvgIpc) is 1.36. The first kappa shape index (κ1) is 72.4. The Morgan fingerprint density at radius 3 is 1.39 bits per heavy atom. The number of fused-ring (bicyclic) bond motifs is 14. The van der Waals surface area contributed by atoms with Crippen LogP contribution in [-0.4, -0.2) is 130 Å². The molecule has 97 heavy (non-hydrogen) atoms. The number of carbonyl (C=O) groups excluding carboxylic acids is 6. The number of ether oxygens (including phenoxy) is 6. The molecule has 10 aliphatic rings. The van der Waals surface area contributed by atoms with Crippen LogP contribution >= 0.6 is 0 Å². The molecule has 2 aromatic heterocycles. The van der Waals surface area contributed by atoms with Crippen molar-refractivity contribution in [2.45, 2.75) is 237 Å². The second kappa shape index (κ2) is 28.3. The van der Waals surface area contributed by atoms with Gasteiger partial charge in [-0.1, -0.05) is 86.7 Å². The Kier molecular flexibility index (Phi) is 21.1. The van der Waals surface area contributed by atoms with Gasteiger partial charge in [0.15, 0.2) is 0 Å². The maximum absolute atomic E-state index is 16.3. The molecule has 8 fully saturated rings. The Morgan fingerprint density at radius 1 is 0.557 bits per heavy atom. The zero-order chi connectivity index (χ0) is 67.2. The summed E-state index contributed by atoms with van der Waals surface area (Å²) in [5.41, 5.74) is -1.14. The Labute approximate surface area is 588 Å². The molecular formula is C73H90F4N6O12V2-2. The van der Waals surface area contributed by atoms with Crippen LogP contribution in [-0.2, 0) is 77.6 Å². The maximum atomic E-state index is 16.3. The number of amides is 4. The first-order chi connectivity index (χ1) is 45.2. The van der Waals surface area contributed by atoms with Crippen LogP contribution in [0.1, 0.15) is 176 Å². The zero-order valence-electron chi connectivity index (χ0n) is 56.5. The van der Waals surface area contributed by atoms with Gasteiger partial charge in [0.05, 0.1) is 47.5 Å². The van der Waals surface area contributed by atoms with Crippen molar-refractivity contribution in [3.63, 3.8) is 0 Å². The Balaban J connectivity index is 0.000000193. The molecule has 2 N–H and O–H groups in total. The summed E-state index contributed by atoms with van der Waals surface area (Å²) in [4.78, 5) is 91.7. The third kappa shape index (κ3) is 15.6. The molecule has 2 radical (unpaired) electrons. The molecule has 6 heterocycles. The van der Waals surface area contributed by atoms with Gasteiger partial charge in [0.2, 0.25) is 23.6 Å². The second-order valence-electron chi connectivity index (χ2n) is 31.2. The predicted molar refractivity (Wildman–Crippen MR) is 342 cm³/mol. The SMILES string of the molecule is CC[C@@H]1[C@@H]2CN(C(=O)[C@H](C(C)(C)C)NC(=O)O[C@@H]3CC4CC4[C@H]3CCCCC(F)(F)c3cc4ccc(OC5CC5)cc4nc3O2)[C@@H]1[C-]=O.C[C@@H]1[C@@H]2CN(C(=O)[C@H](C(C)(C)C)NC(=O)O[C@@H]3CC4CC4[C@H]3CCCCC(F)(F)c3cc4ccc(OC5CC5)cc4nc3O2)[C@@H]1[C-]=O.[V].[V]. The van der Waals surface area contributed by atoms with Crippen LogP contribution in [0.25, 0.3) is 21.8 Å². The van der Waals surface area contributed by atoms with Gasteiger partial charge < -0.3 is 58.4 Å². The number of aromatic nitrogens is 2. The summed E-state index contributed by atoms with van der Waals surface area (Å²) in [6.07, 6.45) is 10.9. The molecule has 524 valence electrons. The van der Waals surface area contributed by atoms with Gasteiger partial charge in [0, 0.05) is 72.9 Å². The maximum Gasteiger partial charge on any atom is 0.408 e. The van der Waals surface area contributed by atoms with Gasteiger partial charge in [-0.3, -0.25) is 9.59 Å². The number of pyridine rings is 2. The number of alkyl carbamates (subject to hydrolysis) is 2. The summed E-state index contributed by atoms with van der Waals surface area (Å²) in [7, 11) is 0. The molecule has 4 bridgehead atoms. The molecular weight excluding hydrogens is 1330 g/mol. The largest absolute Gasteiger partial charge is 0.540 e. The summed E-state index contributed by atoms with van der Waals surface area (Å²) in [6, 6.07) is 9.41. The number of alkyl halides is 4. The van der Waals surface area contributed by atoms with E-state index in [1.54, 1.807) is 43.3 Å². The van der Waals surface area contributed by atoms with Crippen molar-refractivity contribution in [2.24, 2.45) is 58.2 Å². The molecule has 6 saturated carbocycles. The van der Waals surface area contributed by atoms with E-state index in [0.29, 0.717) is 89.1 Å². The van der Waals surface area contributed by atoms with E-state index in [-0.39, 0.29) is 122 Å². The molecule has 2 aromatic carbocycles. The smallest absolute Gasteiger partial charge is 0.408 e. The van der Waals surface area contributed by atoms with Crippen LogP contribution in [0.3, 0.4) is 0 Å². The zero-order valence-corrected chi connectivity index (χ0v) is 59.3. The molecule has 14 rings (SSSR count). The quantitative estimate of drug-likeness (QED) is 0.130. The Morgan fingerprint density at radius 2 is 0.979 bits per heavy atom. The minimum absolute atomic E-state index is 0. The van der Waals surface area contributed by atoms with Crippen molar-refractivity contribution in [1.82, 2.24) is 30.4 Å². The minimum atomic E-state index is -3.25. The van der Waals surface area contributed by atoms with Crippen LogP contribution in [0.4, 0.5) is 27.2 Å². The number of halogens is 4. The third-order valence-electron chi connectivity index (χ3n) is 22.1. The van der Waals surface area contributed by atoms with Gasteiger partial charge in [0.25, 0.3) is 11.8 Å². The monoisotopic (exact) mass is 1420 g/mol. The van der Waals surface area contributed by atoms with Gasteiger partial charge in [0.1, 0.15) is 48.0 Å². The van der Waals surface area contributed by atoms with E-state index in [4.69, 9.17) is 28.4 Å². The summed E-state index contributed by atoms with van der Waals surface area (Å²) >= 11 is 0. The Hall–Kier alpha value is -5.83. The van der Waals surface area contributed by atoms with Gasteiger partial charge >= 0.3 is 12.2 Å². The van der Waals surface area contributed by atoms with Crippen molar-refractivity contribution in [1.29, 1.82) is 0 Å². The molecule has 24 heteroatoms. The summed E-state index contributed by atoms with van der Waals surface area (Å²) in [5, 5.41) is 6.75. The number of hydrogen-bond donors (Lipinski definition) is 2. The van der Waals surface area contributed by atoms with Gasteiger partial charge in [-0.05, 0) is 172 Å². The van der Waals surface area contributed by atoms with Crippen molar-refractivity contribution in [3.05, 3.63) is 59.7 Å². The fraction of sp³-hybridized carbons (Fsp3) is 0.671. The van der Waals surface area contributed by atoms with E-state index in [9.17, 15) is 28.8 Å². The van der Waals surface area contributed by atoms with E-state index in [2.05, 4.69) is 20.6 Å². The van der Waals surface area contributed by atoms with E-state index < -0.39 is 108 Å². The van der Waals surface area contributed by atoms with Gasteiger partial charge in [-0.15, -0.1) is 0 Å². The molecule has 4 aromatic rings. The molecule has 16 atom stereocenters. The van der Waals surface area contributed by atoms with Gasteiger partial charge in [-0.2, -0.15) is 0 Å². The number of nitrogens with zero attached hydrogens (tertiary/aromatic N) is 4. The van der Waals surface area contributed by atoms with Crippen molar-refractivity contribution >= 4 is 58.4 Å². The average molecular weight is 1420 g/mol. The molecule has 4 amide bonds. The third-order valence-corrected chi connectivity index (χ3v) is 22.1. The van der Waals surface area contributed by atoms with Crippen molar-refractivity contribution < 1.29 is 112 Å². The van der Waals surface area contributed by atoms with Crippen LogP contribution < -0.4 is 29.6 Å². The van der Waals surface area contributed by atoms with Crippen molar-refractivity contribution in [2.75, 3.05) is 13.1 Å². The van der Waals surface area contributed by atoms with Crippen LogP contribution in [0.2, 0.25) is 0 Å². The summed E-state index contributed by atoms with van der Waals surface area (Å²) in [5.74, 6) is -5.70. The number of carbonyl (C=O) groups is 4. The normalized spacial score (nSPS) is 33.2. The number of hydrogen-bond acceptors (Lipinski definition) is 14. The first-order valence-electron chi connectivity index (χ1n) is 34.8. The van der Waals surface area contributed by atoms with E-state index in [1.165, 1.54) is 21.9 Å². The number of rotatable bonds is 7. The number of benzene rings is 2. The molecule has 2 saturated heterocycles. The first-order valence-corrected chi connectivity index (χ1v) is 34.8. The van der Waals surface area contributed by atoms with Crippen LogP contribution in [0.5, 0.6) is 23.3 Å². The van der Waals surface area contributed by atoms with E-state index in [0.717, 1.165) is 51.4 Å². The fourth-order valence-electron chi connectivity index (χ4n) is 16.2. The van der Waals surface area contributed by atoms with Crippen LogP contribution in [0.15, 0.2) is 48.5 Å².